The number of rotatable bonds is 3. The van der Waals surface area contributed by atoms with Crippen molar-refractivity contribution in [2.45, 2.75) is 0 Å². The van der Waals surface area contributed by atoms with E-state index in [1.807, 2.05) is 0 Å². The van der Waals surface area contributed by atoms with E-state index in [1.54, 1.807) is 6.07 Å². The van der Waals surface area contributed by atoms with E-state index in [1.165, 1.54) is 24.3 Å². The first-order chi connectivity index (χ1) is 8.72. The lowest BCUT2D eigenvalue weighted by molar-refractivity contribution is 0.0561. The Hall–Kier alpha value is -2.33. The van der Waals surface area contributed by atoms with Crippen molar-refractivity contribution < 1.29 is 13.9 Å². The Morgan fingerprint density at radius 3 is 2.83 bits per heavy atom. The lowest BCUT2D eigenvalue weighted by Crippen LogP contribution is -2.04. The first-order valence-electron chi connectivity index (χ1n) is 4.84. The lowest BCUT2D eigenvalue weighted by atomic mass is 10.1. The third-order valence-corrected chi connectivity index (χ3v) is 2.76. The van der Waals surface area contributed by atoms with E-state index in [9.17, 15) is 9.18 Å². The molecule has 0 aliphatic rings. The number of aromatic nitrogens is 2. The van der Waals surface area contributed by atoms with E-state index in [-0.39, 0.29) is 17.3 Å². The van der Waals surface area contributed by atoms with Crippen LogP contribution in [0, 0.1) is 17.1 Å². The van der Waals surface area contributed by atoms with Crippen LogP contribution in [-0.4, -0.2) is 22.2 Å². The van der Waals surface area contributed by atoms with Crippen molar-refractivity contribution in [3.05, 3.63) is 35.0 Å². The van der Waals surface area contributed by atoms with Crippen LogP contribution in [0.25, 0.3) is 11.3 Å². The normalized spacial score (nSPS) is 9.78. The van der Waals surface area contributed by atoms with Gasteiger partial charge in [0.05, 0.1) is 0 Å². The van der Waals surface area contributed by atoms with E-state index < -0.39 is 5.97 Å². The summed E-state index contributed by atoms with van der Waals surface area (Å²) in [7, 11) is 0. The van der Waals surface area contributed by atoms with Crippen LogP contribution in [0.4, 0.5) is 4.39 Å². The summed E-state index contributed by atoms with van der Waals surface area (Å²) in [6, 6.07) is 7.21. The summed E-state index contributed by atoms with van der Waals surface area (Å²) in [6.07, 6.45) is 0. The van der Waals surface area contributed by atoms with Crippen LogP contribution in [-0.2, 0) is 4.74 Å². The fourth-order valence-corrected chi connectivity index (χ4v) is 1.87. The average molecular weight is 263 g/mol. The topological polar surface area (TPSA) is 75.9 Å². The molecule has 90 valence electrons. The Kier molecular flexibility index (Phi) is 3.60. The third kappa shape index (κ3) is 2.49. The molecule has 0 N–H and O–H groups in total. The van der Waals surface area contributed by atoms with Gasteiger partial charge in [0.2, 0.25) is 0 Å². The van der Waals surface area contributed by atoms with Crippen molar-refractivity contribution in [3.8, 4) is 17.3 Å². The summed E-state index contributed by atoms with van der Waals surface area (Å²) in [4.78, 5) is 11.8. The van der Waals surface area contributed by atoms with E-state index in [2.05, 4.69) is 14.3 Å². The molecule has 7 heteroatoms. The molecule has 0 amide bonds. The van der Waals surface area contributed by atoms with Gasteiger partial charge >= 0.3 is 5.97 Å². The molecule has 0 spiro atoms. The highest BCUT2D eigenvalue weighted by atomic mass is 32.1. The van der Waals surface area contributed by atoms with Gasteiger partial charge in [0.1, 0.15) is 17.6 Å². The molecular formula is C11H6FN3O2S. The van der Waals surface area contributed by atoms with Gasteiger partial charge in [-0.05, 0) is 35.8 Å². The SMILES string of the molecule is N#CCOC(=O)c1snnc1-c1ccc(F)cc1. The number of halogens is 1. The van der Waals surface area contributed by atoms with Gasteiger partial charge in [0, 0.05) is 5.56 Å². The molecule has 0 unspecified atom stereocenters. The summed E-state index contributed by atoms with van der Waals surface area (Å²) >= 11 is 0.868. The van der Waals surface area contributed by atoms with Gasteiger partial charge < -0.3 is 4.74 Å². The number of benzene rings is 1. The first kappa shape index (κ1) is 12.1. The number of hydrogen-bond acceptors (Lipinski definition) is 6. The van der Waals surface area contributed by atoms with Crippen molar-refractivity contribution >= 4 is 17.5 Å². The monoisotopic (exact) mass is 263 g/mol. The number of esters is 1. The van der Waals surface area contributed by atoms with E-state index >= 15 is 0 Å². The molecule has 0 aliphatic carbocycles. The molecule has 0 saturated carbocycles. The highest BCUT2D eigenvalue weighted by Crippen LogP contribution is 2.24. The molecule has 1 aromatic heterocycles. The molecule has 2 rings (SSSR count). The first-order valence-corrected chi connectivity index (χ1v) is 5.62. The minimum atomic E-state index is -0.661. The minimum absolute atomic E-state index is 0.192. The van der Waals surface area contributed by atoms with Crippen molar-refractivity contribution in [2.24, 2.45) is 0 Å². The molecule has 2 aromatic rings. The van der Waals surface area contributed by atoms with Gasteiger partial charge in [-0.2, -0.15) is 5.26 Å². The van der Waals surface area contributed by atoms with Crippen LogP contribution < -0.4 is 0 Å². The summed E-state index contributed by atoms with van der Waals surface area (Å²) in [5.41, 5.74) is 0.886. The molecule has 0 saturated heterocycles. The number of nitriles is 1. The molecule has 0 atom stereocenters. The summed E-state index contributed by atoms with van der Waals surface area (Å²) in [6.45, 7) is -0.334. The summed E-state index contributed by atoms with van der Waals surface area (Å²) < 4.78 is 21.1. The van der Waals surface area contributed by atoms with Gasteiger partial charge in [-0.25, -0.2) is 9.18 Å². The maximum absolute atomic E-state index is 12.8. The number of carbonyl (C=O) groups excluding carboxylic acids is 1. The largest absolute Gasteiger partial charge is 0.446 e. The summed E-state index contributed by atoms with van der Waals surface area (Å²) in [5.74, 6) is -1.04. The standard InChI is InChI=1S/C11H6FN3O2S/c12-8-3-1-7(2-4-8)9-10(18-15-14-9)11(16)17-6-5-13/h1-4H,6H2. The molecule has 1 heterocycles. The predicted molar refractivity (Wildman–Crippen MR) is 61.2 cm³/mol. The Morgan fingerprint density at radius 1 is 1.44 bits per heavy atom. The van der Waals surface area contributed by atoms with Gasteiger partial charge in [-0.1, -0.05) is 4.49 Å². The molecular weight excluding hydrogens is 257 g/mol. The Morgan fingerprint density at radius 2 is 2.17 bits per heavy atom. The average Bonchev–Trinajstić information content (AvgIpc) is 2.86. The highest BCUT2D eigenvalue weighted by Gasteiger charge is 2.19. The second-order valence-electron chi connectivity index (χ2n) is 3.19. The molecule has 0 aliphatic heterocycles. The molecule has 18 heavy (non-hydrogen) atoms. The fraction of sp³-hybridized carbons (Fsp3) is 0.0909. The maximum atomic E-state index is 12.8. The van der Waals surface area contributed by atoms with Crippen LogP contribution in [0.3, 0.4) is 0 Å². The molecule has 1 aromatic carbocycles. The highest BCUT2D eigenvalue weighted by molar-refractivity contribution is 7.08. The second-order valence-corrected chi connectivity index (χ2v) is 3.95. The zero-order valence-electron chi connectivity index (χ0n) is 8.96. The fourth-order valence-electron chi connectivity index (χ4n) is 1.28. The third-order valence-electron chi connectivity index (χ3n) is 2.06. The number of ether oxygens (including phenoxy) is 1. The van der Waals surface area contributed by atoms with Crippen LogP contribution in [0.1, 0.15) is 9.67 Å². The number of nitrogens with zero attached hydrogens (tertiary/aromatic N) is 3. The van der Waals surface area contributed by atoms with E-state index in [4.69, 9.17) is 5.26 Å². The van der Waals surface area contributed by atoms with Gasteiger partial charge in [-0.15, -0.1) is 5.10 Å². The smallest absolute Gasteiger partial charge is 0.353 e. The summed E-state index contributed by atoms with van der Waals surface area (Å²) in [5, 5.41) is 12.1. The quantitative estimate of drug-likeness (QED) is 0.792. The molecule has 0 radical (unpaired) electrons. The van der Waals surface area contributed by atoms with Gasteiger partial charge in [0.25, 0.3) is 0 Å². The molecule has 5 nitrogen and oxygen atoms in total. The van der Waals surface area contributed by atoms with Crippen molar-refractivity contribution in [1.82, 2.24) is 9.59 Å². The Balaban J connectivity index is 2.30. The predicted octanol–water partition coefficient (Wildman–Crippen LogP) is 2.02. The Bertz CT molecular complexity index is 603. The number of hydrogen-bond donors (Lipinski definition) is 0. The molecule has 0 fully saturated rings. The zero-order chi connectivity index (χ0) is 13.0. The van der Waals surface area contributed by atoms with E-state index in [0.717, 1.165) is 11.5 Å². The van der Waals surface area contributed by atoms with Crippen molar-refractivity contribution in [2.75, 3.05) is 6.61 Å². The van der Waals surface area contributed by atoms with E-state index in [0.29, 0.717) is 11.3 Å². The van der Waals surface area contributed by atoms with Crippen molar-refractivity contribution in [1.29, 1.82) is 5.26 Å². The van der Waals surface area contributed by atoms with Crippen LogP contribution in [0.2, 0.25) is 0 Å². The van der Waals surface area contributed by atoms with Gasteiger partial charge in [-0.3, -0.25) is 0 Å². The second kappa shape index (κ2) is 5.33. The minimum Gasteiger partial charge on any atom is -0.446 e. The number of carbonyl (C=O) groups is 1. The van der Waals surface area contributed by atoms with Crippen molar-refractivity contribution in [3.63, 3.8) is 0 Å². The zero-order valence-corrected chi connectivity index (χ0v) is 9.78. The van der Waals surface area contributed by atoms with Crippen LogP contribution in [0.15, 0.2) is 24.3 Å². The molecule has 0 bridgehead atoms. The van der Waals surface area contributed by atoms with Crippen LogP contribution >= 0.6 is 11.5 Å². The lowest BCUT2D eigenvalue weighted by Gasteiger charge is -2.00. The van der Waals surface area contributed by atoms with Gasteiger partial charge in [0.15, 0.2) is 11.5 Å². The Labute approximate surface area is 106 Å². The maximum Gasteiger partial charge on any atom is 0.353 e. The van der Waals surface area contributed by atoms with Crippen LogP contribution in [0.5, 0.6) is 0 Å².